The Morgan fingerprint density at radius 3 is 2.63 bits per heavy atom. The van der Waals surface area contributed by atoms with Gasteiger partial charge in [0.15, 0.2) is 17.8 Å². The van der Waals surface area contributed by atoms with Gasteiger partial charge in [0.05, 0.1) is 19.4 Å². The number of fused-ring (bicyclic) bond motifs is 1. The zero-order chi connectivity index (χ0) is 24.2. The Bertz CT molecular complexity index is 1330. The molecule has 0 aliphatic carbocycles. The maximum absolute atomic E-state index is 14.8. The second-order valence-corrected chi connectivity index (χ2v) is 8.54. The second kappa shape index (κ2) is 10.3. The molecule has 0 N–H and O–H groups in total. The summed E-state index contributed by atoms with van der Waals surface area (Å²) in [5.74, 6) is 1.87. The van der Waals surface area contributed by atoms with Crippen LogP contribution in [0.25, 0.3) is 5.69 Å². The maximum atomic E-state index is 14.8. The Kier molecular flexibility index (Phi) is 6.82. The summed E-state index contributed by atoms with van der Waals surface area (Å²) in [6.45, 7) is 0.446. The number of ether oxygens (including phenoxy) is 4. The van der Waals surface area contributed by atoms with Crippen molar-refractivity contribution in [2.24, 2.45) is 0 Å². The monoisotopic (exact) mass is 497 g/mol. The number of benzene rings is 3. The van der Waals surface area contributed by atoms with Crippen LogP contribution in [0.4, 0.5) is 8.78 Å². The lowest BCUT2D eigenvalue weighted by molar-refractivity contribution is -0.0171. The fourth-order valence-electron chi connectivity index (χ4n) is 3.69. The number of halogens is 2. The van der Waals surface area contributed by atoms with Gasteiger partial charge in [-0.1, -0.05) is 23.9 Å². The highest BCUT2D eigenvalue weighted by Crippen LogP contribution is 2.34. The minimum absolute atomic E-state index is 0.0596. The van der Waals surface area contributed by atoms with E-state index in [1.807, 2.05) is 0 Å². The summed E-state index contributed by atoms with van der Waals surface area (Å²) in [5, 5.41) is 8.96. The molecule has 0 atom stereocenters. The van der Waals surface area contributed by atoms with E-state index in [9.17, 15) is 8.78 Å². The van der Waals surface area contributed by atoms with E-state index < -0.39 is 5.82 Å². The number of hydrogen-bond donors (Lipinski definition) is 0. The summed E-state index contributed by atoms with van der Waals surface area (Å²) < 4.78 is 52.4. The minimum atomic E-state index is -0.427. The Hall–Kier alpha value is -3.63. The summed E-state index contributed by atoms with van der Waals surface area (Å²) in [5.41, 5.74) is 1.60. The molecule has 0 unspecified atom stereocenters. The zero-order valence-electron chi connectivity index (χ0n) is 18.7. The summed E-state index contributed by atoms with van der Waals surface area (Å²) in [4.78, 5) is 0. The lowest BCUT2D eigenvalue weighted by Gasteiger charge is -2.20. The largest absolute Gasteiger partial charge is 0.497 e. The molecule has 0 radical (unpaired) electrons. The predicted molar refractivity (Wildman–Crippen MR) is 125 cm³/mol. The molecule has 0 amide bonds. The van der Waals surface area contributed by atoms with Crippen molar-refractivity contribution in [3.05, 3.63) is 89.2 Å². The van der Waals surface area contributed by atoms with Gasteiger partial charge in [0.2, 0.25) is 0 Å². The highest BCUT2D eigenvalue weighted by atomic mass is 32.2. The van der Waals surface area contributed by atoms with Crippen LogP contribution in [0.2, 0.25) is 0 Å². The first-order valence-corrected chi connectivity index (χ1v) is 11.7. The van der Waals surface area contributed by atoms with Crippen LogP contribution < -0.4 is 14.2 Å². The Morgan fingerprint density at radius 1 is 1.03 bits per heavy atom. The van der Waals surface area contributed by atoms with Crippen molar-refractivity contribution in [3.8, 4) is 22.9 Å². The molecule has 7 nitrogen and oxygen atoms in total. The van der Waals surface area contributed by atoms with E-state index in [0.717, 1.165) is 0 Å². The molecule has 1 aromatic heterocycles. The van der Waals surface area contributed by atoms with Crippen molar-refractivity contribution >= 4 is 11.8 Å². The molecule has 0 bridgehead atoms. The lowest BCUT2D eigenvalue weighted by atomic mass is 10.1. The van der Waals surface area contributed by atoms with Crippen LogP contribution in [0.15, 0.2) is 65.8 Å². The number of nitrogens with zero attached hydrogens (tertiary/aromatic N) is 3. The van der Waals surface area contributed by atoms with E-state index in [0.29, 0.717) is 50.8 Å². The van der Waals surface area contributed by atoms with Gasteiger partial charge in [-0.3, -0.25) is 4.57 Å². The molecule has 1 aliphatic heterocycles. The third kappa shape index (κ3) is 5.08. The van der Waals surface area contributed by atoms with Gasteiger partial charge in [-0.15, -0.1) is 10.2 Å². The van der Waals surface area contributed by atoms with Crippen LogP contribution in [0.5, 0.6) is 17.2 Å². The summed E-state index contributed by atoms with van der Waals surface area (Å²) in [6.07, 6.45) is 0. The molecule has 0 saturated carbocycles. The van der Waals surface area contributed by atoms with Crippen molar-refractivity contribution in [1.82, 2.24) is 14.8 Å². The van der Waals surface area contributed by atoms with E-state index in [-0.39, 0.29) is 25.8 Å². The number of aromatic nitrogens is 3. The highest BCUT2D eigenvalue weighted by molar-refractivity contribution is 7.98. The number of hydrogen-bond acceptors (Lipinski definition) is 7. The first-order chi connectivity index (χ1) is 17.1. The molecular weight excluding hydrogens is 476 g/mol. The van der Waals surface area contributed by atoms with Crippen molar-refractivity contribution in [2.75, 3.05) is 13.9 Å². The molecule has 0 spiro atoms. The van der Waals surface area contributed by atoms with E-state index in [1.54, 1.807) is 54.1 Å². The van der Waals surface area contributed by atoms with E-state index >= 15 is 0 Å². The van der Waals surface area contributed by atoms with E-state index in [1.165, 1.54) is 30.0 Å². The molecule has 10 heteroatoms. The smallest absolute Gasteiger partial charge is 0.196 e. The van der Waals surface area contributed by atoms with Crippen LogP contribution in [0, 0.1) is 11.6 Å². The van der Waals surface area contributed by atoms with Crippen LogP contribution in [-0.4, -0.2) is 28.7 Å². The van der Waals surface area contributed by atoms with Gasteiger partial charge in [-0.05, 0) is 48.5 Å². The molecular formula is C25H21F2N3O4S. The van der Waals surface area contributed by atoms with Crippen molar-refractivity contribution < 1.29 is 27.7 Å². The molecule has 4 aromatic rings. The van der Waals surface area contributed by atoms with Crippen molar-refractivity contribution in [1.29, 1.82) is 0 Å². The summed E-state index contributed by atoms with van der Waals surface area (Å²) >= 11 is 1.30. The number of methoxy groups -OCH3 is 1. The predicted octanol–water partition coefficient (Wildman–Crippen LogP) is 5.29. The third-order valence-electron chi connectivity index (χ3n) is 5.33. The van der Waals surface area contributed by atoms with Gasteiger partial charge < -0.3 is 18.9 Å². The SMILES string of the molecule is COc1ccc(OCc2nnc(SCc3cc(F)cc4c3OCOC4)n2-c2ccccc2F)cc1. The highest BCUT2D eigenvalue weighted by Gasteiger charge is 2.21. The topological polar surface area (TPSA) is 67.6 Å². The number of thioether (sulfide) groups is 1. The molecule has 0 saturated heterocycles. The molecule has 0 fully saturated rings. The quantitative estimate of drug-likeness (QED) is 0.306. The molecule has 35 heavy (non-hydrogen) atoms. The number of rotatable bonds is 8. The van der Waals surface area contributed by atoms with Gasteiger partial charge >= 0.3 is 0 Å². The molecule has 2 heterocycles. The number of para-hydroxylation sites is 1. The van der Waals surface area contributed by atoms with Gasteiger partial charge in [0.25, 0.3) is 0 Å². The average molecular weight is 498 g/mol. The third-order valence-corrected chi connectivity index (χ3v) is 6.31. The van der Waals surface area contributed by atoms with Gasteiger partial charge in [-0.25, -0.2) is 8.78 Å². The molecule has 1 aliphatic rings. The Balaban J connectivity index is 1.42. The standard InChI is InChI=1S/C25H21F2N3O4S/c1-31-19-6-8-20(9-7-19)33-13-23-28-29-25(30(23)22-5-3-2-4-21(22)27)35-14-17-11-18(26)10-16-12-32-15-34-24(16)17/h2-11H,12-15H2,1H3. The lowest BCUT2D eigenvalue weighted by Crippen LogP contribution is -2.13. The van der Waals surface area contributed by atoms with E-state index in [4.69, 9.17) is 18.9 Å². The average Bonchev–Trinajstić information content (AvgIpc) is 3.29. The first kappa shape index (κ1) is 23.1. The van der Waals surface area contributed by atoms with Crippen LogP contribution in [0.1, 0.15) is 17.0 Å². The van der Waals surface area contributed by atoms with Gasteiger partial charge in [0.1, 0.15) is 35.5 Å². The van der Waals surface area contributed by atoms with Crippen LogP contribution in [-0.2, 0) is 23.7 Å². The van der Waals surface area contributed by atoms with Crippen LogP contribution >= 0.6 is 11.8 Å². The van der Waals surface area contributed by atoms with Crippen molar-refractivity contribution in [3.63, 3.8) is 0 Å². The molecule has 180 valence electrons. The van der Waals surface area contributed by atoms with Gasteiger partial charge in [0, 0.05) is 16.9 Å². The minimum Gasteiger partial charge on any atom is -0.497 e. The fourth-order valence-corrected chi connectivity index (χ4v) is 4.62. The molecule has 3 aromatic carbocycles. The maximum Gasteiger partial charge on any atom is 0.196 e. The Morgan fingerprint density at radius 2 is 1.83 bits per heavy atom. The summed E-state index contributed by atoms with van der Waals surface area (Å²) in [7, 11) is 1.59. The first-order valence-electron chi connectivity index (χ1n) is 10.7. The summed E-state index contributed by atoms with van der Waals surface area (Å²) in [6, 6.07) is 16.3. The fraction of sp³-hybridized carbons (Fsp3) is 0.200. The Labute approximate surface area is 204 Å². The van der Waals surface area contributed by atoms with Crippen LogP contribution in [0.3, 0.4) is 0 Å². The zero-order valence-corrected chi connectivity index (χ0v) is 19.6. The normalized spacial score (nSPS) is 12.7. The van der Waals surface area contributed by atoms with Gasteiger partial charge in [-0.2, -0.15) is 0 Å². The van der Waals surface area contributed by atoms with E-state index in [2.05, 4.69) is 10.2 Å². The second-order valence-electron chi connectivity index (χ2n) is 7.60. The molecule has 5 rings (SSSR count). The van der Waals surface area contributed by atoms with Crippen molar-refractivity contribution in [2.45, 2.75) is 24.1 Å².